The van der Waals surface area contributed by atoms with Gasteiger partial charge in [-0.3, -0.25) is 9.59 Å². The molecular formula is C17H17FN2O3. The zero-order valence-corrected chi connectivity index (χ0v) is 12.9. The van der Waals surface area contributed by atoms with Crippen molar-refractivity contribution in [2.75, 3.05) is 24.3 Å². The first-order chi connectivity index (χ1) is 11.0. The van der Waals surface area contributed by atoms with E-state index in [1.165, 1.54) is 32.2 Å². The molecule has 0 unspecified atom stereocenters. The van der Waals surface area contributed by atoms with E-state index in [2.05, 4.69) is 10.6 Å². The molecule has 2 N–H and O–H groups in total. The fourth-order valence-electron chi connectivity index (χ4n) is 2.08. The summed E-state index contributed by atoms with van der Waals surface area (Å²) < 4.78 is 18.2. The van der Waals surface area contributed by atoms with Crippen molar-refractivity contribution in [2.24, 2.45) is 0 Å². The van der Waals surface area contributed by atoms with Gasteiger partial charge in [0.2, 0.25) is 5.91 Å². The quantitative estimate of drug-likeness (QED) is 0.804. The van der Waals surface area contributed by atoms with Crippen LogP contribution in [0.2, 0.25) is 0 Å². The molecule has 0 bridgehead atoms. The van der Waals surface area contributed by atoms with Crippen LogP contribution in [0.25, 0.3) is 0 Å². The molecule has 0 aliphatic rings. The lowest BCUT2D eigenvalue weighted by molar-refractivity contribution is -0.114. The number of hydrogen-bond acceptors (Lipinski definition) is 4. The number of carbonyl (C=O) groups excluding carboxylic acids is 2. The van der Waals surface area contributed by atoms with E-state index in [9.17, 15) is 14.0 Å². The first-order valence-corrected chi connectivity index (χ1v) is 6.98. The summed E-state index contributed by atoms with van der Waals surface area (Å²) >= 11 is 0. The van der Waals surface area contributed by atoms with Gasteiger partial charge in [-0.1, -0.05) is 12.1 Å². The second-order valence-corrected chi connectivity index (χ2v) is 4.85. The molecule has 2 rings (SSSR count). The third-order valence-corrected chi connectivity index (χ3v) is 3.18. The average molecular weight is 316 g/mol. The maximum absolute atomic E-state index is 13.1. The van der Waals surface area contributed by atoms with Crippen LogP contribution in [0.1, 0.15) is 17.3 Å². The summed E-state index contributed by atoms with van der Waals surface area (Å²) in [5.41, 5.74) is 1.40. The van der Waals surface area contributed by atoms with Crippen molar-refractivity contribution in [3.63, 3.8) is 0 Å². The van der Waals surface area contributed by atoms with Crippen molar-refractivity contribution in [3.05, 3.63) is 53.8 Å². The van der Waals surface area contributed by atoms with Crippen molar-refractivity contribution in [2.45, 2.75) is 6.92 Å². The van der Waals surface area contributed by atoms with Gasteiger partial charge in [-0.25, -0.2) is 4.39 Å². The maximum atomic E-state index is 13.1. The Morgan fingerprint density at radius 3 is 2.57 bits per heavy atom. The molecular weight excluding hydrogens is 299 g/mol. The number of Topliss-reactive ketones (excluding diaryl/α,β-unsaturated/α-hetero) is 1. The zero-order valence-electron chi connectivity index (χ0n) is 12.9. The first-order valence-electron chi connectivity index (χ1n) is 6.98. The monoisotopic (exact) mass is 316 g/mol. The smallest absolute Gasteiger partial charge is 0.243 e. The fraction of sp³-hybridized carbons (Fsp3) is 0.176. The molecule has 0 spiro atoms. The number of ether oxygens (including phenoxy) is 1. The molecule has 120 valence electrons. The lowest BCUT2D eigenvalue weighted by Gasteiger charge is -2.12. The number of rotatable bonds is 6. The number of nitrogens with one attached hydrogen (secondary N) is 2. The van der Waals surface area contributed by atoms with Gasteiger partial charge < -0.3 is 15.4 Å². The Labute approximate surface area is 133 Å². The molecule has 0 fully saturated rings. The van der Waals surface area contributed by atoms with Crippen LogP contribution in [0.4, 0.5) is 15.8 Å². The van der Waals surface area contributed by atoms with Crippen molar-refractivity contribution in [1.29, 1.82) is 0 Å². The summed E-state index contributed by atoms with van der Waals surface area (Å²) in [6.07, 6.45) is 0. The number of anilines is 2. The van der Waals surface area contributed by atoms with Crippen LogP contribution in [0, 0.1) is 5.82 Å². The highest BCUT2D eigenvalue weighted by Gasteiger charge is 2.10. The molecule has 0 heterocycles. The Morgan fingerprint density at radius 1 is 1.13 bits per heavy atom. The van der Waals surface area contributed by atoms with Crippen molar-refractivity contribution >= 4 is 23.1 Å². The number of methoxy groups -OCH3 is 1. The van der Waals surface area contributed by atoms with Crippen LogP contribution in [-0.4, -0.2) is 25.3 Å². The molecule has 0 saturated heterocycles. The highest BCUT2D eigenvalue weighted by atomic mass is 19.1. The van der Waals surface area contributed by atoms with Gasteiger partial charge in [0.25, 0.3) is 0 Å². The van der Waals surface area contributed by atoms with Gasteiger partial charge in [-0.2, -0.15) is 0 Å². The van der Waals surface area contributed by atoms with Crippen LogP contribution in [0.3, 0.4) is 0 Å². The van der Waals surface area contributed by atoms with Gasteiger partial charge in [-0.05, 0) is 31.2 Å². The summed E-state index contributed by atoms with van der Waals surface area (Å²) in [7, 11) is 1.42. The number of benzene rings is 2. The highest BCUT2D eigenvalue weighted by molar-refractivity contribution is 6.04. The largest absolute Gasteiger partial charge is 0.494 e. The Balaban J connectivity index is 2.03. The van der Waals surface area contributed by atoms with E-state index in [-0.39, 0.29) is 18.2 Å². The summed E-state index contributed by atoms with van der Waals surface area (Å²) in [6, 6.07) is 10.8. The lowest BCUT2D eigenvalue weighted by Crippen LogP contribution is -2.23. The van der Waals surface area contributed by atoms with E-state index in [4.69, 9.17) is 4.74 Å². The normalized spacial score (nSPS) is 10.0. The van der Waals surface area contributed by atoms with E-state index >= 15 is 0 Å². The van der Waals surface area contributed by atoms with E-state index in [0.717, 1.165) is 0 Å². The van der Waals surface area contributed by atoms with E-state index in [1.54, 1.807) is 24.3 Å². The number of hydrogen-bond donors (Lipinski definition) is 2. The molecule has 0 radical (unpaired) electrons. The van der Waals surface area contributed by atoms with Gasteiger partial charge in [0.1, 0.15) is 11.6 Å². The SMILES string of the molecule is COc1cc(F)ccc1NCC(=O)Nc1ccccc1C(C)=O. The third-order valence-electron chi connectivity index (χ3n) is 3.18. The van der Waals surface area contributed by atoms with Gasteiger partial charge in [0.15, 0.2) is 5.78 Å². The van der Waals surface area contributed by atoms with E-state index in [0.29, 0.717) is 22.7 Å². The number of carbonyl (C=O) groups is 2. The molecule has 2 aromatic rings. The van der Waals surface area contributed by atoms with Gasteiger partial charge in [0.05, 0.1) is 25.0 Å². The van der Waals surface area contributed by atoms with Crippen LogP contribution < -0.4 is 15.4 Å². The minimum atomic E-state index is -0.424. The summed E-state index contributed by atoms with van der Waals surface area (Å²) in [5.74, 6) is -0.576. The standard InChI is InChI=1S/C17H17FN2O3/c1-11(21)13-5-3-4-6-14(13)20-17(22)10-19-15-8-7-12(18)9-16(15)23-2/h3-9,19H,10H2,1-2H3,(H,20,22). The predicted molar refractivity (Wildman–Crippen MR) is 86.5 cm³/mol. The third kappa shape index (κ3) is 4.29. The van der Waals surface area contributed by atoms with Crippen LogP contribution in [0.5, 0.6) is 5.75 Å². The van der Waals surface area contributed by atoms with E-state index in [1.807, 2.05) is 0 Å². The van der Waals surface area contributed by atoms with Crippen molar-refractivity contribution in [3.8, 4) is 5.75 Å². The van der Waals surface area contributed by atoms with Crippen LogP contribution >= 0.6 is 0 Å². The van der Waals surface area contributed by atoms with Crippen LogP contribution in [-0.2, 0) is 4.79 Å². The zero-order chi connectivity index (χ0) is 16.8. The summed E-state index contributed by atoms with van der Waals surface area (Å²) in [6.45, 7) is 1.39. The topological polar surface area (TPSA) is 67.4 Å². The van der Waals surface area contributed by atoms with Crippen LogP contribution in [0.15, 0.2) is 42.5 Å². The molecule has 1 amide bonds. The molecule has 0 saturated carbocycles. The average Bonchev–Trinajstić information content (AvgIpc) is 2.53. The van der Waals surface area contributed by atoms with Crippen molar-refractivity contribution in [1.82, 2.24) is 0 Å². The van der Waals surface area contributed by atoms with Gasteiger partial charge in [0, 0.05) is 11.6 Å². The predicted octanol–water partition coefficient (Wildman–Crippen LogP) is 3.09. The molecule has 23 heavy (non-hydrogen) atoms. The lowest BCUT2D eigenvalue weighted by atomic mass is 10.1. The second-order valence-electron chi connectivity index (χ2n) is 4.85. The molecule has 0 aromatic heterocycles. The first kappa shape index (κ1) is 16.5. The number of ketones is 1. The molecule has 2 aromatic carbocycles. The summed E-state index contributed by atoms with van der Waals surface area (Å²) in [5, 5.41) is 5.55. The highest BCUT2D eigenvalue weighted by Crippen LogP contribution is 2.24. The second kappa shape index (κ2) is 7.40. The molecule has 6 heteroatoms. The van der Waals surface area contributed by atoms with Crippen molar-refractivity contribution < 1.29 is 18.7 Å². The Hall–Kier alpha value is -2.89. The minimum Gasteiger partial charge on any atom is -0.494 e. The maximum Gasteiger partial charge on any atom is 0.243 e. The van der Waals surface area contributed by atoms with Gasteiger partial charge in [-0.15, -0.1) is 0 Å². The Bertz CT molecular complexity index is 732. The minimum absolute atomic E-state index is 0.0474. The van der Waals surface area contributed by atoms with Gasteiger partial charge >= 0.3 is 0 Å². The molecule has 0 aliphatic carbocycles. The Morgan fingerprint density at radius 2 is 1.87 bits per heavy atom. The number of para-hydroxylation sites is 1. The fourth-order valence-corrected chi connectivity index (χ4v) is 2.08. The number of halogens is 1. The molecule has 0 aliphatic heterocycles. The molecule has 5 nitrogen and oxygen atoms in total. The summed E-state index contributed by atoms with van der Waals surface area (Å²) in [4.78, 5) is 23.6. The van der Waals surface area contributed by atoms with E-state index < -0.39 is 5.82 Å². The Kier molecular flexibility index (Phi) is 5.30. The molecule has 0 atom stereocenters. The number of amides is 1.